The Balaban J connectivity index is 1.55. The highest BCUT2D eigenvalue weighted by molar-refractivity contribution is 5.99. The summed E-state index contributed by atoms with van der Waals surface area (Å²) < 4.78 is 10.1. The Hall–Kier alpha value is -11.4. The molecule has 35 nitrogen and oxygen atoms in total. The lowest BCUT2D eigenvalue weighted by atomic mass is 10.0. The zero-order valence-electron chi connectivity index (χ0n) is 61.0. The molecule has 17 N–H and O–H groups in total. The Morgan fingerprint density at radius 1 is 0.585 bits per heavy atom. The number of rotatable bonds is 46. The van der Waals surface area contributed by atoms with Crippen LogP contribution in [0.3, 0.4) is 0 Å². The summed E-state index contributed by atoms with van der Waals surface area (Å²) in [4.78, 5) is 203. The van der Waals surface area contributed by atoms with Gasteiger partial charge in [-0.05, 0) is 76.0 Å². The van der Waals surface area contributed by atoms with E-state index in [0.717, 1.165) is 0 Å². The number of nitrogens with two attached hydrogens (primary N) is 2. The van der Waals surface area contributed by atoms with Gasteiger partial charge in [-0.1, -0.05) is 105 Å². The number of benzene rings is 3. The molecule has 0 saturated carbocycles. The first-order chi connectivity index (χ1) is 50.4. The van der Waals surface area contributed by atoms with Crippen LogP contribution in [0.4, 0.5) is 0 Å². The Kier molecular flexibility index (Phi) is 37.5. The zero-order valence-corrected chi connectivity index (χ0v) is 61.0. The molecule has 13 amide bonds. The second-order valence-electron chi connectivity index (χ2n) is 25.4. The number of primary amides is 1. The number of nitrogens with zero attached hydrogens (tertiary/aromatic N) is 4. The van der Waals surface area contributed by atoms with E-state index in [4.69, 9.17) is 26.4 Å². The summed E-state index contributed by atoms with van der Waals surface area (Å²) in [6.45, 7) is 7.55. The zero-order chi connectivity index (χ0) is 78.4. The van der Waals surface area contributed by atoms with Gasteiger partial charge < -0.3 is 98.9 Å². The van der Waals surface area contributed by atoms with Crippen molar-refractivity contribution < 1.29 is 81.7 Å². The lowest BCUT2D eigenvalue weighted by molar-refractivity contribution is -0.146. The predicted octanol–water partition coefficient (Wildman–Crippen LogP) is -2.53. The molecule has 578 valence electrons. The van der Waals surface area contributed by atoms with Gasteiger partial charge in [0.1, 0.15) is 61.4 Å². The Morgan fingerprint density at radius 3 is 1.70 bits per heavy atom. The molecule has 0 aliphatic rings. The lowest BCUT2D eigenvalue weighted by Crippen LogP contribution is -2.60. The molecule has 0 spiro atoms. The van der Waals surface area contributed by atoms with Gasteiger partial charge in [-0.15, -0.1) is 0 Å². The summed E-state index contributed by atoms with van der Waals surface area (Å²) in [5, 5.41) is 43.5. The standard InChI is InChI=1S/C71H102N18O17/c1-9-106-70(104)45(5)79-59(93)36-77-64(98)55(33-48-20-13-10-14-21-48)85-68(102)56(34-51-35-75-42-78-51)86-65(99)52(26-19-29-76-71(73)74)83-67(101)54(32-43(2)3)84-66(100)53(27-28-58(72)92)82-63(97)44(4)80-69(103)57(41-90)81-60(94)38-89(46(6)50-24-17-12-18-25-50)62(96)40-88(37-49-22-15-11-16-23-49)61(95)39-87(47(7)91)30-31-105-8/h10-18,20-25,35,42-46,52-57,90H,9,19,26-34,36-41H2,1-8H3,(H2,72,92)(H,75,78)(H,77,98)(H,79,93)(H,80,103)(H,81,94)(H,82,97)(H,83,101)(H,84,100)(H,85,102)(H,86,99)(H4,73,74,76). The third-order valence-corrected chi connectivity index (χ3v) is 16.4. The van der Waals surface area contributed by atoms with Crippen molar-refractivity contribution in [1.29, 1.82) is 5.41 Å². The van der Waals surface area contributed by atoms with Crippen LogP contribution in [-0.2, 0) is 96.0 Å². The van der Waals surface area contributed by atoms with Crippen LogP contribution in [0.2, 0.25) is 0 Å². The molecule has 4 aromatic rings. The van der Waals surface area contributed by atoms with Gasteiger partial charge in [0.25, 0.3) is 0 Å². The first-order valence-electron chi connectivity index (χ1n) is 34.7. The number of amides is 13. The molecule has 9 unspecified atom stereocenters. The minimum absolute atomic E-state index is 0.0294. The first kappa shape index (κ1) is 87.0. The first-order valence-corrected chi connectivity index (χ1v) is 34.7. The third kappa shape index (κ3) is 31.3. The Labute approximate surface area is 615 Å². The van der Waals surface area contributed by atoms with Crippen molar-refractivity contribution in [2.45, 2.75) is 154 Å². The van der Waals surface area contributed by atoms with Crippen molar-refractivity contribution in [3.63, 3.8) is 0 Å². The van der Waals surface area contributed by atoms with Gasteiger partial charge >= 0.3 is 5.97 Å². The molecule has 0 saturated heterocycles. The van der Waals surface area contributed by atoms with Crippen molar-refractivity contribution in [2.24, 2.45) is 17.4 Å². The van der Waals surface area contributed by atoms with Gasteiger partial charge in [-0.3, -0.25) is 67.7 Å². The van der Waals surface area contributed by atoms with E-state index in [-0.39, 0.29) is 76.6 Å². The number of hydrogen-bond acceptors (Lipinski definition) is 19. The maximum Gasteiger partial charge on any atom is 0.328 e. The highest BCUT2D eigenvalue weighted by Crippen LogP contribution is 2.21. The van der Waals surface area contributed by atoms with E-state index in [1.54, 1.807) is 119 Å². The molecule has 0 radical (unpaired) electrons. The number of ether oxygens (including phenoxy) is 2. The van der Waals surface area contributed by atoms with Gasteiger partial charge in [0.05, 0.1) is 51.0 Å². The highest BCUT2D eigenvalue weighted by atomic mass is 16.5. The molecule has 3 aromatic carbocycles. The van der Waals surface area contributed by atoms with E-state index in [0.29, 0.717) is 16.7 Å². The van der Waals surface area contributed by atoms with Gasteiger partial charge in [0, 0.05) is 59.1 Å². The van der Waals surface area contributed by atoms with Crippen LogP contribution in [-0.4, -0.2) is 233 Å². The SMILES string of the molecule is CCOC(=O)C(C)NC(=O)CNC(=O)C(Cc1ccccc1)NC(=O)C(Cc1c[nH]cn1)NC(=O)C(CCCNC(=N)N)NC(=O)C(CC(C)C)NC(=O)C(CCC(N)=O)NC(=O)C(C)NC(=O)C(CO)NC(=O)CN(C(=O)CN(Cc1ccccc1)C(=O)CN(CCOC)C(C)=O)C(C)c1ccccc1. The van der Waals surface area contributed by atoms with Crippen LogP contribution in [0.15, 0.2) is 104 Å². The summed E-state index contributed by atoms with van der Waals surface area (Å²) in [7, 11) is 1.44. The molecule has 1 heterocycles. The van der Waals surface area contributed by atoms with Crippen molar-refractivity contribution in [1.82, 2.24) is 77.8 Å². The number of guanidine groups is 1. The molecule has 0 aliphatic heterocycles. The lowest BCUT2D eigenvalue weighted by Gasteiger charge is -2.33. The largest absolute Gasteiger partial charge is 0.464 e. The van der Waals surface area contributed by atoms with Crippen molar-refractivity contribution in [3.05, 3.63) is 126 Å². The van der Waals surface area contributed by atoms with Crippen LogP contribution >= 0.6 is 0 Å². The Morgan fingerprint density at radius 2 is 1.13 bits per heavy atom. The quantitative estimate of drug-likeness (QED) is 0.00939. The second-order valence-corrected chi connectivity index (χ2v) is 25.4. The number of hydrogen-bond donors (Lipinski definition) is 15. The van der Waals surface area contributed by atoms with Crippen LogP contribution in [0, 0.1) is 11.3 Å². The molecular weight excluding hydrogens is 1380 g/mol. The predicted molar refractivity (Wildman–Crippen MR) is 386 cm³/mol. The van der Waals surface area contributed by atoms with Gasteiger partial charge in [0.2, 0.25) is 76.8 Å². The fourth-order valence-electron chi connectivity index (χ4n) is 10.7. The topological polar surface area (TPSA) is 512 Å². The van der Waals surface area contributed by atoms with Crippen LogP contribution in [0.5, 0.6) is 0 Å². The van der Waals surface area contributed by atoms with E-state index in [1.165, 1.54) is 55.1 Å². The summed E-state index contributed by atoms with van der Waals surface area (Å²) in [6.07, 6.45) is 1.32. The number of aromatic nitrogens is 2. The van der Waals surface area contributed by atoms with Crippen molar-refractivity contribution >= 4 is 88.7 Å². The highest BCUT2D eigenvalue weighted by Gasteiger charge is 2.36. The number of methoxy groups -OCH3 is 1. The van der Waals surface area contributed by atoms with Crippen molar-refractivity contribution in [3.8, 4) is 0 Å². The normalized spacial score (nSPS) is 13.5. The summed E-state index contributed by atoms with van der Waals surface area (Å²) in [5.41, 5.74) is 13.2. The molecule has 0 aliphatic carbocycles. The maximum atomic E-state index is 14.7. The molecule has 106 heavy (non-hydrogen) atoms. The molecule has 0 bridgehead atoms. The number of H-pyrrole nitrogens is 1. The number of carbonyl (C=O) groups is 14. The number of aromatic amines is 1. The van der Waals surface area contributed by atoms with Gasteiger partial charge in [-0.25, -0.2) is 9.78 Å². The molecule has 35 heteroatoms. The number of nitrogens with one attached hydrogen (secondary N) is 12. The van der Waals surface area contributed by atoms with E-state index in [2.05, 4.69) is 63.1 Å². The molecular formula is C71H102N18O17. The number of esters is 1. The van der Waals surface area contributed by atoms with E-state index >= 15 is 0 Å². The van der Waals surface area contributed by atoms with Crippen molar-refractivity contribution in [2.75, 3.05) is 66.2 Å². The van der Waals surface area contributed by atoms with Gasteiger partial charge in [-0.2, -0.15) is 0 Å². The summed E-state index contributed by atoms with van der Waals surface area (Å²) >= 11 is 0. The minimum Gasteiger partial charge on any atom is -0.464 e. The number of aliphatic hydroxyl groups is 1. The molecule has 4 rings (SSSR count). The molecule has 0 fully saturated rings. The molecule has 1 aromatic heterocycles. The summed E-state index contributed by atoms with van der Waals surface area (Å²) in [6, 6.07) is 13.3. The van der Waals surface area contributed by atoms with E-state index in [1.807, 2.05) is 0 Å². The van der Waals surface area contributed by atoms with Gasteiger partial charge in [0.15, 0.2) is 5.96 Å². The smallest absolute Gasteiger partial charge is 0.328 e. The van der Waals surface area contributed by atoms with E-state index < -0.39 is 189 Å². The molecule has 9 atom stereocenters. The number of carbonyl (C=O) groups excluding carboxylic acids is 14. The number of aliphatic hydroxyl groups excluding tert-OH is 1. The Bertz CT molecular complexity index is 3570. The van der Waals surface area contributed by atoms with Crippen LogP contribution < -0.4 is 64.6 Å². The number of imidazole rings is 1. The fourth-order valence-corrected chi connectivity index (χ4v) is 10.7. The maximum absolute atomic E-state index is 14.7. The minimum atomic E-state index is -1.74. The monoisotopic (exact) mass is 1480 g/mol. The second kappa shape index (κ2) is 45.7. The van der Waals surface area contributed by atoms with Crippen LogP contribution in [0.25, 0.3) is 0 Å². The third-order valence-electron chi connectivity index (χ3n) is 16.4. The summed E-state index contributed by atoms with van der Waals surface area (Å²) in [5.74, 6) is -12.4. The van der Waals surface area contributed by atoms with Crippen LogP contribution in [0.1, 0.15) is 109 Å². The average molecular weight is 1480 g/mol. The fraction of sp³-hybridized carbons (Fsp3) is 0.493. The average Bonchev–Trinajstić information content (AvgIpc) is 0.978. The van der Waals surface area contributed by atoms with E-state index in [9.17, 15) is 72.2 Å².